The van der Waals surface area contributed by atoms with E-state index in [0.717, 1.165) is 18.6 Å². The lowest BCUT2D eigenvalue weighted by molar-refractivity contribution is -0.123. The summed E-state index contributed by atoms with van der Waals surface area (Å²) in [5, 5.41) is 12.9. The fraction of sp³-hybridized carbons (Fsp3) is 0.929. The third-order valence-corrected chi connectivity index (χ3v) is 5.52. The molecule has 2 atom stereocenters. The van der Waals surface area contributed by atoms with E-state index in [4.69, 9.17) is 0 Å². The minimum absolute atomic E-state index is 0.0384. The number of likely N-dealkylation sites (N-methyl/N-ethyl adjacent to an activating group) is 1. The second kappa shape index (κ2) is 7.50. The van der Waals surface area contributed by atoms with Crippen LogP contribution in [0.4, 0.5) is 0 Å². The molecule has 110 valence electrons. The van der Waals surface area contributed by atoms with Gasteiger partial charge in [-0.05, 0) is 38.0 Å². The van der Waals surface area contributed by atoms with Crippen molar-refractivity contribution >= 4 is 17.7 Å². The van der Waals surface area contributed by atoms with Crippen LogP contribution in [0.25, 0.3) is 0 Å². The van der Waals surface area contributed by atoms with Gasteiger partial charge < -0.3 is 10.4 Å². The molecule has 1 aliphatic heterocycles. The highest BCUT2D eigenvalue weighted by Gasteiger charge is 2.24. The van der Waals surface area contributed by atoms with Crippen molar-refractivity contribution in [3.63, 3.8) is 0 Å². The summed E-state index contributed by atoms with van der Waals surface area (Å²) >= 11 is 1.96. The number of aliphatic hydroxyl groups is 1. The lowest BCUT2D eigenvalue weighted by Crippen LogP contribution is -2.43. The first-order valence-corrected chi connectivity index (χ1v) is 8.55. The van der Waals surface area contributed by atoms with E-state index in [-0.39, 0.29) is 12.0 Å². The Morgan fingerprint density at radius 3 is 2.79 bits per heavy atom. The van der Waals surface area contributed by atoms with Crippen LogP contribution in [0.5, 0.6) is 0 Å². The first-order chi connectivity index (χ1) is 9.16. The van der Waals surface area contributed by atoms with Crippen molar-refractivity contribution in [3.8, 4) is 0 Å². The monoisotopic (exact) mass is 286 g/mol. The van der Waals surface area contributed by atoms with Crippen molar-refractivity contribution in [3.05, 3.63) is 0 Å². The molecule has 5 heteroatoms. The van der Waals surface area contributed by atoms with Gasteiger partial charge in [0, 0.05) is 18.3 Å². The molecule has 1 saturated heterocycles. The zero-order chi connectivity index (χ0) is 13.7. The first-order valence-electron chi connectivity index (χ1n) is 7.39. The number of carbonyl (C=O) groups excluding carboxylic acids is 1. The highest BCUT2D eigenvalue weighted by molar-refractivity contribution is 7.99. The van der Waals surface area contributed by atoms with Gasteiger partial charge in [-0.3, -0.25) is 9.69 Å². The number of hydrogen-bond donors (Lipinski definition) is 2. The summed E-state index contributed by atoms with van der Waals surface area (Å²) in [6.45, 7) is 0.860. The van der Waals surface area contributed by atoms with Crippen LogP contribution >= 0.6 is 11.8 Å². The topological polar surface area (TPSA) is 52.6 Å². The normalized spacial score (nSPS) is 25.9. The Bertz CT molecular complexity index is 289. The predicted molar refractivity (Wildman–Crippen MR) is 79.3 cm³/mol. The minimum Gasteiger partial charge on any atom is -0.391 e. The average molecular weight is 286 g/mol. The number of aliphatic hydroxyl groups excluding tert-OH is 1. The summed E-state index contributed by atoms with van der Waals surface area (Å²) in [4.78, 5) is 14.0. The number of thioether (sulfide) groups is 1. The second-order valence-corrected chi connectivity index (χ2v) is 7.00. The van der Waals surface area contributed by atoms with Crippen LogP contribution in [-0.4, -0.2) is 59.7 Å². The third kappa shape index (κ3) is 4.65. The molecule has 0 aromatic carbocycles. The zero-order valence-corrected chi connectivity index (χ0v) is 12.6. The van der Waals surface area contributed by atoms with Gasteiger partial charge in [0.1, 0.15) is 0 Å². The number of amides is 1. The van der Waals surface area contributed by atoms with E-state index < -0.39 is 0 Å². The molecule has 1 heterocycles. The summed E-state index contributed by atoms with van der Waals surface area (Å²) < 4.78 is 0. The number of nitrogens with zero attached hydrogens (tertiary/aromatic N) is 1. The van der Waals surface area contributed by atoms with Gasteiger partial charge in [-0.15, -0.1) is 0 Å². The summed E-state index contributed by atoms with van der Waals surface area (Å²) in [6, 6.07) is 0.538. The van der Waals surface area contributed by atoms with Crippen LogP contribution < -0.4 is 5.32 Å². The standard InChI is InChI=1S/C14H26N2O2S/c1-16(12-6-7-19-10-12)9-14(18)15-8-13(17)11-4-2-3-5-11/h11-13,17H,2-10H2,1H3,(H,15,18). The molecule has 0 spiro atoms. The van der Waals surface area contributed by atoms with Crippen LogP contribution in [0, 0.1) is 5.92 Å². The van der Waals surface area contributed by atoms with Gasteiger partial charge >= 0.3 is 0 Å². The summed E-state index contributed by atoms with van der Waals surface area (Å²) in [7, 11) is 2.02. The molecule has 19 heavy (non-hydrogen) atoms. The summed E-state index contributed by atoms with van der Waals surface area (Å²) in [5.74, 6) is 2.77. The Hall–Kier alpha value is -0.260. The van der Waals surface area contributed by atoms with E-state index in [1.54, 1.807) is 0 Å². The Balaban J connectivity index is 1.63. The van der Waals surface area contributed by atoms with Crippen molar-refractivity contribution in [2.24, 2.45) is 5.92 Å². The van der Waals surface area contributed by atoms with E-state index in [0.29, 0.717) is 25.0 Å². The van der Waals surface area contributed by atoms with Gasteiger partial charge in [-0.1, -0.05) is 12.8 Å². The summed E-state index contributed by atoms with van der Waals surface area (Å²) in [6.07, 6.45) is 5.47. The van der Waals surface area contributed by atoms with Crippen molar-refractivity contribution in [1.82, 2.24) is 10.2 Å². The number of rotatable bonds is 6. The Morgan fingerprint density at radius 2 is 2.16 bits per heavy atom. The molecule has 0 aromatic rings. The van der Waals surface area contributed by atoms with E-state index in [1.165, 1.54) is 25.0 Å². The fourth-order valence-corrected chi connectivity index (χ4v) is 4.31. The van der Waals surface area contributed by atoms with Crippen molar-refractivity contribution in [2.45, 2.75) is 44.2 Å². The van der Waals surface area contributed by atoms with E-state index >= 15 is 0 Å². The first kappa shape index (κ1) is 15.1. The fourth-order valence-electron chi connectivity index (χ4n) is 3.01. The molecular weight excluding hydrogens is 260 g/mol. The molecule has 0 radical (unpaired) electrons. The Labute approximate surface area is 120 Å². The lowest BCUT2D eigenvalue weighted by Gasteiger charge is -2.23. The van der Waals surface area contributed by atoms with Gasteiger partial charge in [0.15, 0.2) is 0 Å². The SMILES string of the molecule is CN(CC(=O)NCC(O)C1CCCC1)C1CCSC1. The Morgan fingerprint density at radius 1 is 1.42 bits per heavy atom. The molecule has 2 fully saturated rings. The smallest absolute Gasteiger partial charge is 0.234 e. The minimum atomic E-state index is -0.362. The molecule has 2 unspecified atom stereocenters. The van der Waals surface area contributed by atoms with E-state index in [9.17, 15) is 9.90 Å². The van der Waals surface area contributed by atoms with Crippen molar-refractivity contribution in [1.29, 1.82) is 0 Å². The maximum Gasteiger partial charge on any atom is 0.234 e. The van der Waals surface area contributed by atoms with E-state index in [1.807, 2.05) is 18.8 Å². The number of hydrogen-bond acceptors (Lipinski definition) is 4. The highest BCUT2D eigenvalue weighted by atomic mass is 32.2. The van der Waals surface area contributed by atoms with Crippen LogP contribution in [0.2, 0.25) is 0 Å². The molecule has 1 amide bonds. The maximum absolute atomic E-state index is 11.9. The quantitative estimate of drug-likeness (QED) is 0.767. The largest absolute Gasteiger partial charge is 0.391 e. The number of carbonyl (C=O) groups is 1. The van der Waals surface area contributed by atoms with Crippen LogP contribution in [-0.2, 0) is 4.79 Å². The predicted octanol–water partition coefficient (Wildman–Crippen LogP) is 1.09. The van der Waals surface area contributed by atoms with Gasteiger partial charge in [0.25, 0.3) is 0 Å². The molecule has 2 aliphatic rings. The summed E-state index contributed by atoms with van der Waals surface area (Å²) in [5.41, 5.74) is 0. The molecular formula is C14H26N2O2S. The van der Waals surface area contributed by atoms with Gasteiger partial charge in [-0.2, -0.15) is 11.8 Å². The number of nitrogens with one attached hydrogen (secondary N) is 1. The average Bonchev–Trinajstić information content (AvgIpc) is 3.07. The van der Waals surface area contributed by atoms with Crippen LogP contribution in [0.1, 0.15) is 32.1 Å². The zero-order valence-electron chi connectivity index (χ0n) is 11.8. The van der Waals surface area contributed by atoms with Gasteiger partial charge in [-0.25, -0.2) is 0 Å². The van der Waals surface area contributed by atoms with Crippen LogP contribution in [0.15, 0.2) is 0 Å². The molecule has 1 saturated carbocycles. The lowest BCUT2D eigenvalue weighted by atomic mass is 10.0. The van der Waals surface area contributed by atoms with Crippen molar-refractivity contribution in [2.75, 3.05) is 31.6 Å². The van der Waals surface area contributed by atoms with Gasteiger partial charge in [0.2, 0.25) is 5.91 Å². The molecule has 0 aromatic heterocycles. The van der Waals surface area contributed by atoms with Gasteiger partial charge in [0.05, 0.1) is 12.6 Å². The Kier molecular flexibility index (Phi) is 5.98. The highest BCUT2D eigenvalue weighted by Crippen LogP contribution is 2.27. The molecule has 1 aliphatic carbocycles. The third-order valence-electron chi connectivity index (χ3n) is 4.37. The molecule has 2 N–H and O–H groups in total. The van der Waals surface area contributed by atoms with E-state index in [2.05, 4.69) is 10.2 Å². The second-order valence-electron chi connectivity index (χ2n) is 5.85. The molecule has 4 nitrogen and oxygen atoms in total. The molecule has 2 rings (SSSR count). The van der Waals surface area contributed by atoms with Crippen LogP contribution in [0.3, 0.4) is 0 Å². The van der Waals surface area contributed by atoms with Crippen molar-refractivity contribution < 1.29 is 9.90 Å². The maximum atomic E-state index is 11.9. The molecule has 0 bridgehead atoms.